The van der Waals surface area contributed by atoms with Crippen molar-refractivity contribution in [2.24, 2.45) is 0 Å². The van der Waals surface area contributed by atoms with Crippen LogP contribution in [-0.4, -0.2) is 0 Å². The van der Waals surface area contributed by atoms with Gasteiger partial charge in [-0.2, -0.15) is 0 Å². The van der Waals surface area contributed by atoms with Gasteiger partial charge in [-0.15, -0.1) is 0 Å². The molecule has 5 aromatic rings. The fraction of sp³-hybridized carbons (Fsp3) is 0.348. The summed E-state index contributed by atoms with van der Waals surface area (Å²) >= 11 is 7.66. The summed E-state index contributed by atoms with van der Waals surface area (Å²) in [4.78, 5) is 4.68. The smallest absolute Gasteiger partial charge is 0.0887 e. The van der Waals surface area contributed by atoms with E-state index < -0.39 is 0 Å². The second-order valence-corrected chi connectivity index (χ2v) is 13.7. The first kappa shape index (κ1) is 36.3. The van der Waals surface area contributed by atoms with Crippen molar-refractivity contribution in [3.8, 4) is 0 Å². The van der Waals surface area contributed by atoms with E-state index in [1.807, 2.05) is 0 Å². The minimum atomic E-state index is 0.727. The molecule has 0 saturated carbocycles. The zero-order valence-electron chi connectivity index (χ0n) is 30.2. The van der Waals surface area contributed by atoms with E-state index in [4.69, 9.17) is 11.6 Å². The first-order valence-electron chi connectivity index (χ1n) is 18.8. The number of halogens is 1. The molecule has 0 unspecified atom stereocenters. The molecule has 0 fully saturated rings. The number of aryl methyl sites for hydroxylation is 4. The third kappa shape index (κ3) is 9.37. The van der Waals surface area contributed by atoms with Crippen LogP contribution in [0.1, 0.15) is 101 Å². The first-order valence-corrected chi connectivity index (χ1v) is 19.2. The van der Waals surface area contributed by atoms with Gasteiger partial charge in [0.1, 0.15) is 0 Å². The molecule has 0 aliphatic rings. The van der Waals surface area contributed by atoms with Gasteiger partial charge in [0.15, 0.2) is 0 Å². The standard InChI is InChI=1S/C46H55ClN2/c1-5-9-18-36-28-31-41(32-29-36)48(40-23-14-13-15-24-40)44-26-17-27-45(46(44)47)49(42-25-16-20-37(34-42)19-10-6-2)43-33-30-38(21-11-7-3)39(35-43)22-12-8-4/h13-17,20,23-35H,5-12,18-19,21-22H2,1-4H3. The maximum Gasteiger partial charge on any atom is 0.0887 e. The fourth-order valence-corrected chi connectivity index (χ4v) is 6.97. The zero-order valence-corrected chi connectivity index (χ0v) is 31.0. The molecule has 2 nitrogen and oxygen atoms in total. The van der Waals surface area contributed by atoms with E-state index >= 15 is 0 Å². The van der Waals surface area contributed by atoms with E-state index in [-0.39, 0.29) is 0 Å². The molecule has 0 aliphatic heterocycles. The Kier molecular flexibility index (Phi) is 13.8. The second kappa shape index (κ2) is 18.7. The number of rotatable bonds is 18. The monoisotopic (exact) mass is 670 g/mol. The van der Waals surface area contributed by atoms with Gasteiger partial charge in [-0.1, -0.05) is 120 Å². The zero-order chi connectivity index (χ0) is 34.4. The van der Waals surface area contributed by atoms with Gasteiger partial charge in [0, 0.05) is 22.7 Å². The van der Waals surface area contributed by atoms with Crippen LogP contribution >= 0.6 is 11.6 Å². The second-order valence-electron chi connectivity index (χ2n) is 13.3. The molecule has 5 rings (SSSR count). The third-order valence-corrected chi connectivity index (χ3v) is 9.89. The van der Waals surface area contributed by atoms with Gasteiger partial charge < -0.3 is 9.80 Å². The Bertz CT molecular complexity index is 1730. The summed E-state index contributed by atoms with van der Waals surface area (Å²) in [6, 6.07) is 42.3. The molecule has 3 heteroatoms. The van der Waals surface area contributed by atoms with Gasteiger partial charge in [0.25, 0.3) is 0 Å². The molecule has 5 aromatic carbocycles. The molecule has 0 amide bonds. The minimum Gasteiger partial charge on any atom is -0.309 e. The maximum absolute atomic E-state index is 7.66. The van der Waals surface area contributed by atoms with Crippen molar-refractivity contribution in [1.29, 1.82) is 0 Å². The number of unbranched alkanes of at least 4 members (excludes halogenated alkanes) is 4. The highest BCUT2D eigenvalue weighted by Gasteiger charge is 2.23. The average molecular weight is 671 g/mol. The number of hydrogen-bond donors (Lipinski definition) is 0. The Morgan fingerprint density at radius 3 is 1.55 bits per heavy atom. The van der Waals surface area contributed by atoms with Gasteiger partial charge in [-0.3, -0.25) is 0 Å². The molecule has 0 spiro atoms. The summed E-state index contributed by atoms with van der Waals surface area (Å²) in [5, 5.41) is 0.727. The molecular weight excluding hydrogens is 616 g/mol. The number of anilines is 6. The fourth-order valence-electron chi connectivity index (χ4n) is 6.67. The van der Waals surface area contributed by atoms with Crippen LogP contribution in [0.5, 0.6) is 0 Å². The number of benzene rings is 5. The summed E-state index contributed by atoms with van der Waals surface area (Å²) < 4.78 is 0. The molecule has 0 N–H and O–H groups in total. The average Bonchev–Trinajstić information content (AvgIpc) is 3.14. The number of nitrogens with zero attached hydrogens (tertiary/aromatic N) is 2. The molecule has 0 heterocycles. The normalized spacial score (nSPS) is 11.1. The molecule has 256 valence electrons. The van der Waals surface area contributed by atoms with Crippen molar-refractivity contribution < 1.29 is 0 Å². The summed E-state index contributed by atoms with van der Waals surface area (Å²) in [6.07, 6.45) is 13.9. The largest absolute Gasteiger partial charge is 0.309 e. The molecule has 0 aliphatic carbocycles. The summed E-state index contributed by atoms with van der Waals surface area (Å²) in [7, 11) is 0. The Labute approximate surface area is 301 Å². The van der Waals surface area contributed by atoms with E-state index in [0.29, 0.717) is 0 Å². The lowest BCUT2D eigenvalue weighted by Crippen LogP contribution is -2.15. The van der Waals surface area contributed by atoms with E-state index in [1.165, 1.54) is 73.6 Å². The predicted molar refractivity (Wildman–Crippen MR) is 215 cm³/mol. The lowest BCUT2D eigenvalue weighted by atomic mass is 9.96. The van der Waals surface area contributed by atoms with E-state index in [2.05, 4.69) is 153 Å². The molecule has 0 radical (unpaired) electrons. The number of hydrogen-bond acceptors (Lipinski definition) is 2. The maximum atomic E-state index is 7.66. The van der Waals surface area contributed by atoms with Gasteiger partial charge >= 0.3 is 0 Å². The van der Waals surface area contributed by atoms with Crippen molar-refractivity contribution in [2.75, 3.05) is 9.80 Å². The van der Waals surface area contributed by atoms with Crippen LogP contribution in [-0.2, 0) is 25.7 Å². The van der Waals surface area contributed by atoms with Crippen LogP contribution in [0.2, 0.25) is 5.02 Å². The topological polar surface area (TPSA) is 6.48 Å². The summed E-state index contributed by atoms with van der Waals surface area (Å²) in [5.41, 5.74) is 12.1. The lowest BCUT2D eigenvalue weighted by molar-refractivity contribution is 0.758. The first-order chi connectivity index (χ1) is 24.1. The van der Waals surface area contributed by atoms with Crippen LogP contribution in [0.15, 0.2) is 115 Å². The highest BCUT2D eigenvalue weighted by atomic mass is 35.5. The summed E-state index contributed by atoms with van der Waals surface area (Å²) in [6.45, 7) is 9.07. The molecule has 0 saturated heterocycles. The molecule has 0 atom stereocenters. The van der Waals surface area contributed by atoms with Crippen molar-refractivity contribution in [3.63, 3.8) is 0 Å². The quantitative estimate of drug-likeness (QED) is 0.0915. The molecular formula is C46H55ClN2. The SMILES string of the molecule is CCCCc1ccc(N(c2ccccc2)c2cccc(N(c3cccc(CCCC)c3)c3ccc(CCCC)c(CCCC)c3)c2Cl)cc1. The van der Waals surface area contributed by atoms with Gasteiger partial charge in [0.05, 0.1) is 16.4 Å². The minimum absolute atomic E-state index is 0.727. The van der Waals surface area contributed by atoms with Crippen LogP contribution in [0.3, 0.4) is 0 Å². The van der Waals surface area contributed by atoms with Crippen molar-refractivity contribution in [2.45, 2.75) is 105 Å². The van der Waals surface area contributed by atoms with Gasteiger partial charge in [-0.25, -0.2) is 0 Å². The highest BCUT2D eigenvalue weighted by Crippen LogP contribution is 2.47. The van der Waals surface area contributed by atoms with Crippen LogP contribution in [0, 0.1) is 0 Å². The number of para-hydroxylation sites is 1. The third-order valence-electron chi connectivity index (χ3n) is 9.50. The highest BCUT2D eigenvalue weighted by molar-refractivity contribution is 6.36. The Morgan fingerprint density at radius 2 is 0.898 bits per heavy atom. The van der Waals surface area contributed by atoms with E-state index in [0.717, 1.165) is 64.8 Å². The van der Waals surface area contributed by atoms with Crippen LogP contribution in [0.4, 0.5) is 34.1 Å². The predicted octanol–water partition coefficient (Wildman–Crippen LogP) is 14.6. The Hall–Kier alpha value is -4.01. The molecule has 49 heavy (non-hydrogen) atoms. The van der Waals surface area contributed by atoms with E-state index in [1.54, 1.807) is 0 Å². The van der Waals surface area contributed by atoms with Crippen molar-refractivity contribution in [1.82, 2.24) is 0 Å². The van der Waals surface area contributed by atoms with Crippen LogP contribution < -0.4 is 9.80 Å². The Morgan fingerprint density at radius 1 is 0.408 bits per heavy atom. The van der Waals surface area contributed by atoms with Crippen molar-refractivity contribution >= 4 is 45.7 Å². The van der Waals surface area contributed by atoms with Gasteiger partial charge in [0.2, 0.25) is 0 Å². The van der Waals surface area contributed by atoms with Crippen molar-refractivity contribution in [3.05, 3.63) is 143 Å². The Balaban J connectivity index is 1.67. The summed E-state index contributed by atoms with van der Waals surface area (Å²) in [5.74, 6) is 0. The van der Waals surface area contributed by atoms with Gasteiger partial charge in [-0.05, 0) is 134 Å². The van der Waals surface area contributed by atoms with E-state index in [9.17, 15) is 0 Å². The molecule has 0 aromatic heterocycles. The lowest BCUT2D eigenvalue weighted by Gasteiger charge is -2.31. The van der Waals surface area contributed by atoms with Crippen LogP contribution in [0.25, 0.3) is 0 Å². The molecule has 0 bridgehead atoms.